The van der Waals surface area contributed by atoms with Crippen LogP contribution in [0.2, 0.25) is 0 Å². The Morgan fingerprint density at radius 1 is 1.19 bits per heavy atom. The van der Waals surface area contributed by atoms with Crippen molar-refractivity contribution in [2.45, 2.75) is 19.8 Å². The average Bonchev–Trinajstić information content (AvgIpc) is 3.05. The summed E-state index contributed by atoms with van der Waals surface area (Å²) in [5.74, 6) is 1.53. The van der Waals surface area contributed by atoms with Crippen molar-refractivity contribution in [2.24, 2.45) is 0 Å². The van der Waals surface area contributed by atoms with E-state index in [4.69, 9.17) is 4.74 Å². The van der Waals surface area contributed by atoms with Crippen molar-refractivity contribution in [3.63, 3.8) is 0 Å². The molecule has 0 saturated carbocycles. The standard InChI is InChI=1S/C13H21N7O/c1-3-4-8-21-9-6-16-12-17-11(14-2)18-13(19-12)20-7-5-15-10-20/h5,7,10H,3-4,6,8-9H2,1-2H3,(H2,14,16,17,18,19). The van der Waals surface area contributed by atoms with Crippen LogP contribution in [0.25, 0.3) is 5.95 Å². The van der Waals surface area contributed by atoms with Gasteiger partial charge in [-0.15, -0.1) is 0 Å². The number of anilines is 2. The highest BCUT2D eigenvalue weighted by molar-refractivity contribution is 5.37. The molecule has 114 valence electrons. The lowest BCUT2D eigenvalue weighted by Crippen LogP contribution is -2.14. The molecule has 0 aromatic carbocycles. The van der Waals surface area contributed by atoms with Gasteiger partial charge in [0.2, 0.25) is 17.8 Å². The number of rotatable bonds is 9. The van der Waals surface area contributed by atoms with Gasteiger partial charge < -0.3 is 15.4 Å². The van der Waals surface area contributed by atoms with E-state index in [0.717, 1.165) is 19.4 Å². The second-order valence-electron chi connectivity index (χ2n) is 4.40. The van der Waals surface area contributed by atoms with Gasteiger partial charge in [0.25, 0.3) is 0 Å². The van der Waals surface area contributed by atoms with Crippen molar-refractivity contribution < 1.29 is 4.74 Å². The van der Waals surface area contributed by atoms with Crippen molar-refractivity contribution in [2.75, 3.05) is 37.4 Å². The number of unbranched alkanes of at least 4 members (excludes halogenated alkanes) is 1. The predicted octanol–water partition coefficient (Wildman–Crippen LogP) is 1.33. The Morgan fingerprint density at radius 2 is 2.05 bits per heavy atom. The van der Waals surface area contributed by atoms with E-state index in [9.17, 15) is 0 Å². The van der Waals surface area contributed by atoms with Crippen molar-refractivity contribution in [1.82, 2.24) is 24.5 Å². The van der Waals surface area contributed by atoms with Gasteiger partial charge in [0.1, 0.15) is 6.33 Å². The van der Waals surface area contributed by atoms with E-state index < -0.39 is 0 Å². The fraction of sp³-hybridized carbons (Fsp3) is 0.538. The first-order valence-corrected chi connectivity index (χ1v) is 7.07. The molecule has 0 fully saturated rings. The predicted molar refractivity (Wildman–Crippen MR) is 80.7 cm³/mol. The van der Waals surface area contributed by atoms with E-state index in [1.165, 1.54) is 0 Å². The first kappa shape index (κ1) is 15.2. The summed E-state index contributed by atoms with van der Waals surface area (Å²) in [6.45, 7) is 4.21. The molecule has 2 aromatic rings. The Balaban J connectivity index is 1.94. The number of nitrogens with one attached hydrogen (secondary N) is 2. The Morgan fingerprint density at radius 3 is 2.76 bits per heavy atom. The molecule has 2 heterocycles. The summed E-state index contributed by atoms with van der Waals surface area (Å²) in [6, 6.07) is 0. The molecule has 0 unspecified atom stereocenters. The Hall–Kier alpha value is -2.22. The van der Waals surface area contributed by atoms with E-state index in [0.29, 0.717) is 31.0 Å². The maximum absolute atomic E-state index is 5.49. The van der Waals surface area contributed by atoms with Gasteiger partial charge in [-0.2, -0.15) is 15.0 Å². The SMILES string of the molecule is CCCCOCCNc1nc(NC)nc(-n2ccnc2)n1. The molecule has 0 aliphatic rings. The maximum atomic E-state index is 5.49. The van der Waals surface area contributed by atoms with Crippen molar-refractivity contribution in [3.05, 3.63) is 18.7 Å². The molecule has 0 atom stereocenters. The number of imidazole rings is 1. The lowest BCUT2D eigenvalue weighted by atomic mass is 10.4. The molecular formula is C13H21N7O. The second kappa shape index (κ2) is 8.15. The number of nitrogens with zero attached hydrogens (tertiary/aromatic N) is 5. The van der Waals surface area contributed by atoms with Crippen molar-refractivity contribution in [1.29, 1.82) is 0 Å². The molecule has 8 nitrogen and oxygen atoms in total. The normalized spacial score (nSPS) is 10.6. The Bertz CT molecular complexity index is 529. The molecule has 2 aromatic heterocycles. The molecule has 0 aliphatic heterocycles. The van der Waals surface area contributed by atoms with Crippen LogP contribution in [0.5, 0.6) is 0 Å². The van der Waals surface area contributed by atoms with Gasteiger partial charge in [-0.3, -0.25) is 4.57 Å². The van der Waals surface area contributed by atoms with Crippen LogP contribution in [0.4, 0.5) is 11.9 Å². The van der Waals surface area contributed by atoms with Crippen LogP contribution < -0.4 is 10.6 Å². The molecule has 2 N–H and O–H groups in total. The van der Waals surface area contributed by atoms with E-state index in [1.54, 1.807) is 30.3 Å². The Labute approximate surface area is 124 Å². The fourth-order valence-corrected chi connectivity index (χ4v) is 1.63. The summed E-state index contributed by atoms with van der Waals surface area (Å²) < 4.78 is 7.22. The number of hydrogen-bond donors (Lipinski definition) is 2. The zero-order chi connectivity index (χ0) is 14.9. The molecule has 0 saturated heterocycles. The third-order valence-electron chi connectivity index (χ3n) is 2.75. The number of hydrogen-bond acceptors (Lipinski definition) is 7. The fourth-order valence-electron chi connectivity index (χ4n) is 1.63. The highest BCUT2D eigenvalue weighted by atomic mass is 16.5. The van der Waals surface area contributed by atoms with Crippen LogP contribution in [0, 0.1) is 0 Å². The molecule has 0 amide bonds. The topological polar surface area (TPSA) is 89.8 Å². The molecule has 8 heteroatoms. The van der Waals surface area contributed by atoms with Crippen LogP contribution in [0.3, 0.4) is 0 Å². The molecule has 0 aliphatic carbocycles. The molecular weight excluding hydrogens is 270 g/mol. The van der Waals surface area contributed by atoms with Gasteiger partial charge in [-0.05, 0) is 6.42 Å². The Kier molecular flexibility index (Phi) is 5.89. The average molecular weight is 291 g/mol. The summed E-state index contributed by atoms with van der Waals surface area (Å²) in [7, 11) is 1.77. The minimum absolute atomic E-state index is 0.503. The van der Waals surface area contributed by atoms with Crippen molar-refractivity contribution in [3.8, 4) is 5.95 Å². The van der Waals surface area contributed by atoms with E-state index in [2.05, 4.69) is 37.5 Å². The first-order valence-electron chi connectivity index (χ1n) is 7.07. The van der Waals surface area contributed by atoms with Gasteiger partial charge in [-0.25, -0.2) is 4.98 Å². The molecule has 0 radical (unpaired) electrons. The highest BCUT2D eigenvalue weighted by Gasteiger charge is 2.06. The van der Waals surface area contributed by atoms with Crippen LogP contribution >= 0.6 is 0 Å². The lowest BCUT2D eigenvalue weighted by Gasteiger charge is -2.09. The highest BCUT2D eigenvalue weighted by Crippen LogP contribution is 2.08. The largest absolute Gasteiger partial charge is 0.380 e. The second-order valence-corrected chi connectivity index (χ2v) is 4.40. The third-order valence-corrected chi connectivity index (χ3v) is 2.75. The van der Waals surface area contributed by atoms with Crippen LogP contribution in [-0.4, -0.2) is 51.3 Å². The third kappa shape index (κ3) is 4.67. The van der Waals surface area contributed by atoms with Crippen LogP contribution in [0.1, 0.15) is 19.8 Å². The van der Waals surface area contributed by atoms with Gasteiger partial charge >= 0.3 is 0 Å². The van der Waals surface area contributed by atoms with Crippen molar-refractivity contribution >= 4 is 11.9 Å². The monoisotopic (exact) mass is 291 g/mol. The van der Waals surface area contributed by atoms with Gasteiger partial charge in [0.05, 0.1) is 6.61 Å². The molecule has 21 heavy (non-hydrogen) atoms. The van der Waals surface area contributed by atoms with Crippen LogP contribution in [-0.2, 0) is 4.74 Å². The minimum Gasteiger partial charge on any atom is -0.380 e. The smallest absolute Gasteiger partial charge is 0.241 e. The zero-order valence-electron chi connectivity index (χ0n) is 12.4. The molecule has 2 rings (SSSR count). The number of ether oxygens (including phenoxy) is 1. The van der Waals surface area contributed by atoms with E-state index in [-0.39, 0.29) is 0 Å². The summed E-state index contributed by atoms with van der Waals surface area (Å²) >= 11 is 0. The van der Waals surface area contributed by atoms with Gasteiger partial charge in [0, 0.05) is 32.6 Å². The lowest BCUT2D eigenvalue weighted by molar-refractivity contribution is 0.141. The first-order chi connectivity index (χ1) is 10.3. The molecule has 0 bridgehead atoms. The van der Waals surface area contributed by atoms with E-state index >= 15 is 0 Å². The summed E-state index contributed by atoms with van der Waals surface area (Å²) in [6.07, 6.45) is 7.33. The summed E-state index contributed by atoms with van der Waals surface area (Å²) in [5.41, 5.74) is 0. The zero-order valence-corrected chi connectivity index (χ0v) is 12.4. The molecule has 0 spiro atoms. The maximum Gasteiger partial charge on any atom is 0.241 e. The summed E-state index contributed by atoms with van der Waals surface area (Å²) in [4.78, 5) is 16.9. The van der Waals surface area contributed by atoms with E-state index in [1.807, 2.05) is 0 Å². The van der Waals surface area contributed by atoms with Crippen LogP contribution in [0.15, 0.2) is 18.7 Å². The number of aromatic nitrogens is 5. The van der Waals surface area contributed by atoms with Gasteiger partial charge in [-0.1, -0.05) is 13.3 Å². The summed E-state index contributed by atoms with van der Waals surface area (Å²) in [5, 5.41) is 6.06. The quantitative estimate of drug-likeness (QED) is 0.673. The van der Waals surface area contributed by atoms with Gasteiger partial charge in [0.15, 0.2) is 0 Å². The minimum atomic E-state index is 0.503.